The minimum atomic E-state index is -4.54. The number of nitrogens with zero attached hydrogens (tertiary/aromatic N) is 3. The fourth-order valence-corrected chi connectivity index (χ4v) is 4.94. The van der Waals surface area contributed by atoms with E-state index in [1.165, 1.54) is 30.5 Å². The summed E-state index contributed by atoms with van der Waals surface area (Å²) in [4.78, 5) is 30.0. The van der Waals surface area contributed by atoms with Crippen molar-refractivity contribution in [2.24, 2.45) is 0 Å². The summed E-state index contributed by atoms with van der Waals surface area (Å²) in [5.41, 5.74) is 1.42. The maximum Gasteiger partial charge on any atom is 0.422 e. The topological polar surface area (TPSA) is 100 Å². The van der Waals surface area contributed by atoms with Crippen molar-refractivity contribution in [3.8, 4) is 17.0 Å². The number of aromatic nitrogens is 3. The van der Waals surface area contributed by atoms with Gasteiger partial charge in [-0.1, -0.05) is 11.6 Å². The van der Waals surface area contributed by atoms with Gasteiger partial charge in [0.25, 0.3) is 5.56 Å². The molecule has 0 saturated carbocycles. The Labute approximate surface area is 206 Å². The van der Waals surface area contributed by atoms with Gasteiger partial charge in [0.1, 0.15) is 5.82 Å². The Morgan fingerprint density at radius 3 is 2.83 bits per heavy atom. The largest absolute Gasteiger partial charge is 0.468 e. The van der Waals surface area contributed by atoms with Gasteiger partial charge in [0.2, 0.25) is 5.88 Å². The number of H-pyrrole nitrogens is 1. The fourth-order valence-electron chi connectivity index (χ4n) is 4.67. The molecule has 36 heavy (non-hydrogen) atoms. The Morgan fingerprint density at radius 1 is 1.25 bits per heavy atom. The fraction of sp³-hybridized carbons (Fsp3) is 0.304. The van der Waals surface area contributed by atoms with E-state index in [1.807, 2.05) is 0 Å². The van der Waals surface area contributed by atoms with Crippen molar-refractivity contribution in [3.05, 3.63) is 69.0 Å². The highest BCUT2D eigenvalue weighted by molar-refractivity contribution is 6.33. The average Bonchev–Trinajstić information content (AvgIpc) is 3.14. The molecule has 8 nitrogen and oxygen atoms in total. The molecular weight excluding hydrogens is 506 g/mol. The molecule has 3 aromatic rings. The molecule has 1 fully saturated rings. The number of nitrogens with one attached hydrogen (secondary N) is 2. The normalized spacial score (nSPS) is 18.6. The molecule has 2 N–H and O–H groups in total. The first-order valence-corrected chi connectivity index (χ1v) is 11.3. The smallest absolute Gasteiger partial charge is 0.422 e. The number of hydrogen-bond donors (Lipinski definition) is 2. The van der Waals surface area contributed by atoms with Crippen LogP contribution in [0.4, 0.5) is 28.0 Å². The molecule has 0 radical (unpaired) electrons. The molecule has 2 aliphatic heterocycles. The number of halogens is 5. The summed E-state index contributed by atoms with van der Waals surface area (Å²) in [6.07, 6.45) is -1.47. The number of amides is 2. The Kier molecular flexibility index (Phi) is 6.07. The summed E-state index contributed by atoms with van der Waals surface area (Å²) in [6, 6.07) is 5.42. The third-order valence-electron chi connectivity index (χ3n) is 6.16. The zero-order chi connectivity index (χ0) is 25.6. The van der Waals surface area contributed by atoms with Crippen LogP contribution in [-0.2, 0) is 6.42 Å². The standard InChI is InChI=1S/C23H18ClF4N5O3/c24-15-9-17(16(25)8-14(15)11-3-4-29-20(7-11)36-10-23(26,27)28)30-22(35)33-13-1-2-18(33)21-12(5-13)6-19(34)31-32-21/h3-4,6-9,13,18H,1-2,5,10H2,(H,30,35)(H,31,34)/t13-,18+/m0/s1. The van der Waals surface area contributed by atoms with E-state index in [4.69, 9.17) is 11.6 Å². The van der Waals surface area contributed by atoms with Crippen LogP contribution in [0.3, 0.4) is 0 Å². The minimum Gasteiger partial charge on any atom is -0.468 e. The summed E-state index contributed by atoms with van der Waals surface area (Å²) in [6.45, 7) is -1.52. The first kappa shape index (κ1) is 24.0. The molecule has 2 aromatic heterocycles. The van der Waals surface area contributed by atoms with Gasteiger partial charge in [0, 0.05) is 29.9 Å². The highest BCUT2D eigenvalue weighted by Crippen LogP contribution is 2.43. The zero-order valence-corrected chi connectivity index (χ0v) is 19.2. The van der Waals surface area contributed by atoms with Crippen LogP contribution in [0, 0.1) is 5.82 Å². The highest BCUT2D eigenvalue weighted by atomic mass is 35.5. The van der Waals surface area contributed by atoms with Crippen molar-refractivity contribution < 1.29 is 27.1 Å². The monoisotopic (exact) mass is 523 g/mol. The summed E-state index contributed by atoms with van der Waals surface area (Å²) in [5, 5.41) is 9.13. The predicted octanol–water partition coefficient (Wildman–Crippen LogP) is 4.86. The van der Waals surface area contributed by atoms with Gasteiger partial charge in [-0.25, -0.2) is 19.3 Å². The molecule has 5 rings (SSSR count). The lowest BCUT2D eigenvalue weighted by Crippen LogP contribution is -2.45. The summed E-state index contributed by atoms with van der Waals surface area (Å²) >= 11 is 6.34. The molecule has 188 valence electrons. The third kappa shape index (κ3) is 4.72. The highest BCUT2D eigenvalue weighted by Gasteiger charge is 2.44. The summed E-state index contributed by atoms with van der Waals surface area (Å²) in [5.74, 6) is -1.08. The molecule has 1 saturated heterocycles. The second-order valence-corrected chi connectivity index (χ2v) is 8.94. The molecule has 13 heteroatoms. The number of alkyl halides is 3. The average molecular weight is 524 g/mol. The van der Waals surface area contributed by atoms with E-state index in [-0.39, 0.29) is 45.4 Å². The Bertz CT molecular complexity index is 1400. The van der Waals surface area contributed by atoms with E-state index in [2.05, 4.69) is 25.2 Å². The Balaban J connectivity index is 1.36. The number of hydrogen-bond acceptors (Lipinski definition) is 5. The third-order valence-corrected chi connectivity index (χ3v) is 6.47. The summed E-state index contributed by atoms with van der Waals surface area (Å²) < 4.78 is 56.9. The number of benzene rings is 1. The van der Waals surface area contributed by atoms with Gasteiger partial charge in [-0.2, -0.15) is 18.3 Å². The first-order chi connectivity index (χ1) is 17.1. The van der Waals surface area contributed by atoms with E-state index < -0.39 is 24.6 Å². The maximum atomic E-state index is 15.0. The van der Waals surface area contributed by atoms with Crippen LogP contribution in [0.15, 0.2) is 41.3 Å². The van der Waals surface area contributed by atoms with Crippen LogP contribution in [0.2, 0.25) is 5.02 Å². The quantitative estimate of drug-likeness (QED) is 0.476. The van der Waals surface area contributed by atoms with Crippen molar-refractivity contribution in [1.29, 1.82) is 0 Å². The number of ether oxygens (including phenoxy) is 1. The van der Waals surface area contributed by atoms with Crippen molar-refractivity contribution in [2.75, 3.05) is 11.9 Å². The number of aromatic amines is 1. The second kappa shape index (κ2) is 9.08. The molecule has 1 aromatic carbocycles. The van der Waals surface area contributed by atoms with Gasteiger partial charge in [-0.15, -0.1) is 0 Å². The molecule has 2 bridgehead atoms. The number of anilines is 1. The van der Waals surface area contributed by atoms with Crippen LogP contribution < -0.4 is 15.6 Å². The van der Waals surface area contributed by atoms with Crippen LogP contribution in [0.5, 0.6) is 5.88 Å². The van der Waals surface area contributed by atoms with Crippen molar-refractivity contribution in [2.45, 2.75) is 37.5 Å². The van der Waals surface area contributed by atoms with Crippen LogP contribution in [0.1, 0.15) is 30.1 Å². The lowest BCUT2D eigenvalue weighted by atomic mass is 9.99. The molecule has 2 amide bonds. The maximum absolute atomic E-state index is 15.0. The number of urea groups is 1. The second-order valence-electron chi connectivity index (χ2n) is 8.53. The number of carbonyl (C=O) groups is 1. The Morgan fingerprint density at radius 2 is 2.06 bits per heavy atom. The molecule has 2 atom stereocenters. The molecule has 4 heterocycles. The van der Waals surface area contributed by atoms with Crippen molar-refractivity contribution in [3.63, 3.8) is 0 Å². The van der Waals surface area contributed by atoms with Crippen LogP contribution in [0.25, 0.3) is 11.1 Å². The lowest BCUT2D eigenvalue weighted by Gasteiger charge is -2.35. The number of fused-ring (bicyclic) bond motifs is 4. The lowest BCUT2D eigenvalue weighted by molar-refractivity contribution is -0.154. The van der Waals surface area contributed by atoms with Gasteiger partial charge in [-0.3, -0.25) is 4.79 Å². The van der Waals surface area contributed by atoms with Gasteiger partial charge in [-0.05, 0) is 48.6 Å². The predicted molar refractivity (Wildman–Crippen MR) is 121 cm³/mol. The first-order valence-electron chi connectivity index (χ1n) is 10.9. The van der Waals surface area contributed by atoms with Gasteiger partial charge in [0.15, 0.2) is 6.61 Å². The molecule has 2 aliphatic rings. The molecular formula is C23H18ClF4N5O3. The number of pyridine rings is 1. The zero-order valence-electron chi connectivity index (χ0n) is 18.4. The van der Waals surface area contributed by atoms with E-state index >= 15 is 4.39 Å². The molecule has 0 aliphatic carbocycles. The molecule has 0 unspecified atom stereocenters. The van der Waals surface area contributed by atoms with Gasteiger partial charge < -0.3 is 15.0 Å². The van der Waals surface area contributed by atoms with Crippen LogP contribution in [-0.4, -0.2) is 44.9 Å². The van der Waals surface area contributed by atoms with E-state index in [9.17, 15) is 22.8 Å². The Hall–Kier alpha value is -3.67. The van der Waals surface area contributed by atoms with E-state index in [0.29, 0.717) is 25.0 Å². The van der Waals surface area contributed by atoms with Crippen LogP contribution >= 0.6 is 11.6 Å². The van der Waals surface area contributed by atoms with Gasteiger partial charge >= 0.3 is 12.2 Å². The van der Waals surface area contributed by atoms with E-state index in [0.717, 1.165) is 11.6 Å². The number of rotatable bonds is 4. The number of carbonyl (C=O) groups excluding carboxylic acids is 1. The van der Waals surface area contributed by atoms with Crippen molar-refractivity contribution in [1.82, 2.24) is 20.1 Å². The minimum absolute atomic E-state index is 0.0610. The SMILES string of the molecule is O=C(Nc1cc(Cl)c(-c2ccnc(OCC(F)(F)F)c2)cc1F)N1[C@H]2CC[C@@H]1c1n[nH]c(=O)cc1C2. The molecule has 0 spiro atoms. The van der Waals surface area contributed by atoms with E-state index in [1.54, 1.807) is 4.90 Å². The van der Waals surface area contributed by atoms with Crippen molar-refractivity contribution >= 4 is 23.3 Å². The van der Waals surface area contributed by atoms with Gasteiger partial charge in [0.05, 0.1) is 22.4 Å². The summed E-state index contributed by atoms with van der Waals surface area (Å²) in [7, 11) is 0.